The second-order valence-electron chi connectivity index (χ2n) is 16.7. The van der Waals surface area contributed by atoms with Gasteiger partial charge in [-0.3, -0.25) is 0 Å². The Kier molecular flexibility index (Phi) is 7.38. The summed E-state index contributed by atoms with van der Waals surface area (Å²) in [5, 5.41) is 4.58. The summed E-state index contributed by atoms with van der Waals surface area (Å²) in [6.07, 6.45) is 5.73. The van der Waals surface area contributed by atoms with Gasteiger partial charge in [-0.15, -0.1) is 0 Å². The standard InChI is InChI=1S/C59H39NO/c1-2-15-38(16-3-1)39-29-32-41(33-30-39)60(56-28-13-9-22-48(56)49-23-14-24-50-51-35-31-40-17-4-5-18-43(40)57(51)61-58(49)50)42-34-36-47-46-21-8-12-27-54(46)59(55(47)37-42)52-25-10-6-19-44(52)45-20-7-11-26-53(45)59/h1-36,42H,37H2. The third kappa shape index (κ3) is 4.85. The number of fused-ring (bicyclic) bond motifs is 14. The first kappa shape index (κ1) is 34.2. The zero-order chi connectivity index (χ0) is 40.1. The summed E-state index contributed by atoms with van der Waals surface area (Å²) < 4.78 is 6.98. The molecule has 0 amide bonds. The first-order valence-corrected chi connectivity index (χ1v) is 21.4. The molecule has 0 saturated heterocycles. The van der Waals surface area contributed by atoms with Gasteiger partial charge in [0, 0.05) is 38.7 Å². The van der Waals surface area contributed by atoms with Gasteiger partial charge in [0.15, 0.2) is 0 Å². The smallest absolute Gasteiger partial charge is 0.143 e. The van der Waals surface area contributed by atoms with E-state index in [1.807, 2.05) is 0 Å². The lowest BCUT2D eigenvalue weighted by Gasteiger charge is -2.39. The molecule has 0 N–H and O–H groups in total. The van der Waals surface area contributed by atoms with Crippen LogP contribution in [0, 0.1) is 0 Å². The Morgan fingerprint density at radius 2 is 1.00 bits per heavy atom. The highest BCUT2D eigenvalue weighted by Crippen LogP contribution is 2.64. The van der Waals surface area contributed by atoms with Crippen molar-refractivity contribution >= 4 is 49.7 Å². The zero-order valence-corrected chi connectivity index (χ0v) is 33.4. The second kappa shape index (κ2) is 13.2. The van der Waals surface area contributed by atoms with Crippen molar-refractivity contribution in [2.45, 2.75) is 17.9 Å². The molecule has 3 aliphatic rings. The lowest BCUT2D eigenvalue weighted by Crippen LogP contribution is -2.36. The normalized spacial score (nSPS) is 15.6. The quantitative estimate of drug-likeness (QED) is 0.173. The van der Waals surface area contributed by atoms with E-state index in [9.17, 15) is 0 Å². The van der Waals surface area contributed by atoms with Gasteiger partial charge in [0.05, 0.1) is 11.5 Å². The van der Waals surface area contributed by atoms with Gasteiger partial charge >= 0.3 is 0 Å². The molecule has 1 spiro atoms. The first-order valence-electron chi connectivity index (χ1n) is 21.4. The first-order chi connectivity index (χ1) is 30.3. The van der Waals surface area contributed by atoms with Crippen LogP contribution in [0.1, 0.15) is 28.7 Å². The molecular formula is C59H39NO. The maximum atomic E-state index is 6.98. The van der Waals surface area contributed by atoms with Gasteiger partial charge in [-0.2, -0.15) is 0 Å². The molecule has 13 rings (SSSR count). The molecule has 0 bridgehead atoms. The van der Waals surface area contributed by atoms with E-state index in [1.54, 1.807) is 0 Å². The molecule has 10 aromatic rings. The van der Waals surface area contributed by atoms with Crippen molar-refractivity contribution in [1.29, 1.82) is 0 Å². The summed E-state index contributed by atoms with van der Waals surface area (Å²) in [6.45, 7) is 0. The van der Waals surface area contributed by atoms with Crippen molar-refractivity contribution in [3.05, 3.63) is 246 Å². The fraction of sp³-hybridized carbons (Fsp3) is 0.0508. The molecular weight excluding hydrogens is 739 g/mol. The molecule has 0 saturated carbocycles. The van der Waals surface area contributed by atoms with Gasteiger partial charge in [-0.1, -0.05) is 194 Å². The summed E-state index contributed by atoms with van der Waals surface area (Å²) in [7, 11) is 0. The van der Waals surface area contributed by atoms with Crippen molar-refractivity contribution < 1.29 is 4.42 Å². The van der Waals surface area contributed by atoms with E-state index >= 15 is 0 Å². The summed E-state index contributed by atoms with van der Waals surface area (Å²) in [6, 6.07) is 75.7. The predicted molar refractivity (Wildman–Crippen MR) is 253 cm³/mol. The number of benzene rings is 9. The number of nitrogens with zero attached hydrogens (tertiary/aromatic N) is 1. The van der Waals surface area contributed by atoms with Crippen LogP contribution in [0.25, 0.3) is 71.7 Å². The van der Waals surface area contributed by atoms with Crippen LogP contribution in [0.15, 0.2) is 228 Å². The summed E-state index contributed by atoms with van der Waals surface area (Å²) in [5.41, 5.74) is 19.3. The second-order valence-corrected chi connectivity index (χ2v) is 16.7. The SMILES string of the molecule is C1=CC(N(c2ccc(-c3ccccc3)cc2)c2ccccc2-c2cccc3c2oc2c4ccccc4ccc32)CC2=C1c1ccccc1C21c2ccccc2-c2ccccc21. The summed E-state index contributed by atoms with van der Waals surface area (Å²) >= 11 is 0. The van der Waals surface area contributed by atoms with E-state index in [2.05, 4.69) is 223 Å². The Morgan fingerprint density at radius 3 is 1.77 bits per heavy atom. The highest BCUT2D eigenvalue weighted by Gasteiger charge is 2.53. The molecule has 61 heavy (non-hydrogen) atoms. The van der Waals surface area contributed by atoms with E-state index < -0.39 is 0 Å². The van der Waals surface area contributed by atoms with E-state index in [0.29, 0.717) is 0 Å². The number of anilines is 2. The van der Waals surface area contributed by atoms with Crippen molar-refractivity contribution in [3.8, 4) is 33.4 Å². The third-order valence-corrected chi connectivity index (χ3v) is 13.7. The van der Waals surface area contributed by atoms with Gasteiger partial charge in [0.2, 0.25) is 0 Å². The Balaban J connectivity index is 1.02. The van der Waals surface area contributed by atoms with Gasteiger partial charge in [-0.25, -0.2) is 0 Å². The molecule has 1 heterocycles. The molecule has 2 heteroatoms. The number of hydrogen-bond acceptors (Lipinski definition) is 2. The predicted octanol–water partition coefficient (Wildman–Crippen LogP) is 15.3. The minimum Gasteiger partial charge on any atom is -0.455 e. The monoisotopic (exact) mass is 777 g/mol. The number of para-hydroxylation sites is 2. The Bertz CT molecular complexity index is 3410. The third-order valence-electron chi connectivity index (χ3n) is 13.7. The zero-order valence-electron chi connectivity index (χ0n) is 33.4. The highest BCUT2D eigenvalue weighted by atomic mass is 16.3. The van der Waals surface area contributed by atoms with E-state index in [0.717, 1.165) is 56.2 Å². The lowest BCUT2D eigenvalue weighted by atomic mass is 9.67. The topological polar surface area (TPSA) is 16.4 Å². The van der Waals surface area contributed by atoms with Crippen molar-refractivity contribution in [2.75, 3.05) is 4.90 Å². The minimum atomic E-state index is -0.382. The van der Waals surface area contributed by atoms with Crippen molar-refractivity contribution in [1.82, 2.24) is 0 Å². The number of furan rings is 1. The molecule has 0 aliphatic heterocycles. The molecule has 286 valence electrons. The number of allylic oxidation sites excluding steroid dienone is 2. The van der Waals surface area contributed by atoms with Crippen LogP contribution in [0.5, 0.6) is 0 Å². The molecule has 0 fully saturated rings. The minimum absolute atomic E-state index is 0.00686. The van der Waals surface area contributed by atoms with Crippen LogP contribution in [0.4, 0.5) is 11.4 Å². The van der Waals surface area contributed by atoms with Gasteiger partial charge < -0.3 is 9.32 Å². The van der Waals surface area contributed by atoms with Crippen molar-refractivity contribution in [3.63, 3.8) is 0 Å². The summed E-state index contributed by atoms with van der Waals surface area (Å²) in [4.78, 5) is 2.59. The molecule has 9 aromatic carbocycles. The average molecular weight is 778 g/mol. The van der Waals surface area contributed by atoms with Crippen LogP contribution >= 0.6 is 0 Å². The number of hydrogen-bond donors (Lipinski definition) is 0. The maximum Gasteiger partial charge on any atom is 0.143 e. The molecule has 0 radical (unpaired) electrons. The molecule has 1 unspecified atom stereocenters. The van der Waals surface area contributed by atoms with E-state index in [1.165, 1.54) is 61.0 Å². The van der Waals surface area contributed by atoms with E-state index in [-0.39, 0.29) is 11.5 Å². The van der Waals surface area contributed by atoms with Crippen LogP contribution in [-0.4, -0.2) is 6.04 Å². The van der Waals surface area contributed by atoms with Crippen molar-refractivity contribution in [2.24, 2.45) is 0 Å². The Morgan fingerprint density at radius 1 is 0.426 bits per heavy atom. The highest BCUT2D eigenvalue weighted by molar-refractivity contribution is 6.17. The van der Waals surface area contributed by atoms with Gasteiger partial charge in [0.1, 0.15) is 11.2 Å². The van der Waals surface area contributed by atoms with Crippen LogP contribution < -0.4 is 4.90 Å². The van der Waals surface area contributed by atoms with Crippen LogP contribution in [0.2, 0.25) is 0 Å². The average Bonchev–Trinajstić information content (AvgIpc) is 3.97. The molecule has 3 aliphatic carbocycles. The number of rotatable bonds is 5. The van der Waals surface area contributed by atoms with Gasteiger partial charge in [0.25, 0.3) is 0 Å². The maximum absolute atomic E-state index is 6.98. The fourth-order valence-corrected chi connectivity index (χ4v) is 11.1. The molecule has 2 nitrogen and oxygen atoms in total. The fourth-order valence-electron chi connectivity index (χ4n) is 11.1. The largest absolute Gasteiger partial charge is 0.455 e. The lowest BCUT2D eigenvalue weighted by molar-refractivity contribution is 0.663. The molecule has 1 atom stereocenters. The Labute approximate surface area is 355 Å². The van der Waals surface area contributed by atoms with Gasteiger partial charge in [-0.05, 0) is 91.7 Å². The van der Waals surface area contributed by atoms with Crippen LogP contribution in [-0.2, 0) is 5.41 Å². The Hall–Kier alpha value is -7.68. The summed E-state index contributed by atoms with van der Waals surface area (Å²) in [5.74, 6) is 0. The molecule has 1 aromatic heterocycles. The van der Waals surface area contributed by atoms with E-state index in [4.69, 9.17) is 4.42 Å². The van der Waals surface area contributed by atoms with Crippen LogP contribution in [0.3, 0.4) is 0 Å².